The number of carbonyl (C=O) groups excluding carboxylic acids is 1. The predicted molar refractivity (Wildman–Crippen MR) is 128 cm³/mol. The molecule has 8 nitrogen and oxygen atoms in total. The molecule has 0 aliphatic carbocycles. The Labute approximate surface area is 198 Å². The fourth-order valence-corrected chi connectivity index (χ4v) is 4.61. The Hall–Kier alpha value is -3.69. The molecule has 0 aliphatic rings. The van der Waals surface area contributed by atoms with Crippen molar-refractivity contribution in [1.29, 1.82) is 0 Å². The van der Waals surface area contributed by atoms with Crippen LogP contribution in [-0.2, 0) is 29.7 Å². The molecule has 4 aromatic rings. The fraction of sp³-hybridized carbons (Fsp3) is 0.200. The van der Waals surface area contributed by atoms with Gasteiger partial charge in [-0.05, 0) is 55.8 Å². The van der Waals surface area contributed by atoms with E-state index in [2.05, 4.69) is 15.1 Å². The van der Waals surface area contributed by atoms with Crippen molar-refractivity contribution in [2.45, 2.75) is 38.4 Å². The average molecular weight is 479 g/mol. The highest BCUT2D eigenvalue weighted by Crippen LogP contribution is 2.16. The number of furan rings is 1. The van der Waals surface area contributed by atoms with Gasteiger partial charge >= 0.3 is 0 Å². The second-order valence-electron chi connectivity index (χ2n) is 7.90. The van der Waals surface area contributed by atoms with Crippen LogP contribution < -0.4 is 10.0 Å². The van der Waals surface area contributed by atoms with Crippen molar-refractivity contribution in [1.82, 2.24) is 19.8 Å². The number of hydrogen-bond donors (Lipinski definition) is 2. The maximum atomic E-state index is 12.7. The molecule has 0 fully saturated rings. The van der Waals surface area contributed by atoms with Crippen molar-refractivity contribution in [3.05, 3.63) is 107 Å². The fourth-order valence-electron chi connectivity index (χ4n) is 3.62. The summed E-state index contributed by atoms with van der Waals surface area (Å²) in [7, 11) is -3.72. The third-order valence-corrected chi connectivity index (χ3v) is 6.99. The average Bonchev–Trinajstić information content (AvgIpc) is 3.45. The van der Waals surface area contributed by atoms with Crippen LogP contribution in [0.25, 0.3) is 0 Å². The molecule has 176 valence electrons. The highest BCUT2D eigenvalue weighted by molar-refractivity contribution is 7.89. The lowest BCUT2D eigenvalue weighted by atomic mass is 10.1. The Balaban J connectivity index is 1.38. The SMILES string of the molecule is Cc1nn(Cc2ccccc2)c(C)c1CNC(=O)c1ccc(S(=O)(=O)NCc2ccco2)cc1. The zero-order valence-electron chi connectivity index (χ0n) is 19.0. The quantitative estimate of drug-likeness (QED) is 0.383. The molecule has 2 aromatic heterocycles. The molecule has 0 saturated carbocycles. The van der Waals surface area contributed by atoms with Gasteiger partial charge in [0.15, 0.2) is 0 Å². The topological polar surface area (TPSA) is 106 Å². The van der Waals surface area contributed by atoms with E-state index in [1.54, 1.807) is 12.1 Å². The third-order valence-electron chi connectivity index (χ3n) is 5.58. The molecule has 0 saturated heterocycles. The van der Waals surface area contributed by atoms with Crippen molar-refractivity contribution in [3.63, 3.8) is 0 Å². The summed E-state index contributed by atoms with van der Waals surface area (Å²) in [5.41, 5.74) is 4.34. The zero-order valence-corrected chi connectivity index (χ0v) is 19.8. The lowest BCUT2D eigenvalue weighted by Gasteiger charge is -2.09. The van der Waals surface area contributed by atoms with E-state index in [0.29, 0.717) is 24.4 Å². The Morgan fingerprint density at radius 2 is 1.71 bits per heavy atom. The van der Waals surface area contributed by atoms with Crippen LogP contribution in [0.2, 0.25) is 0 Å². The number of aryl methyl sites for hydroxylation is 1. The predicted octanol–water partition coefficient (Wildman–Crippen LogP) is 3.55. The van der Waals surface area contributed by atoms with Gasteiger partial charge < -0.3 is 9.73 Å². The van der Waals surface area contributed by atoms with E-state index in [0.717, 1.165) is 22.5 Å². The first-order valence-corrected chi connectivity index (χ1v) is 12.3. The number of sulfonamides is 1. The van der Waals surface area contributed by atoms with Gasteiger partial charge in [0.2, 0.25) is 10.0 Å². The smallest absolute Gasteiger partial charge is 0.251 e. The Morgan fingerprint density at radius 3 is 2.38 bits per heavy atom. The molecule has 2 N–H and O–H groups in total. The summed E-state index contributed by atoms with van der Waals surface area (Å²) in [5, 5.41) is 7.52. The van der Waals surface area contributed by atoms with Crippen molar-refractivity contribution in [2.24, 2.45) is 0 Å². The van der Waals surface area contributed by atoms with Crippen LogP contribution in [0.5, 0.6) is 0 Å². The molecular formula is C25H26N4O4S. The molecule has 0 aliphatic heterocycles. The summed E-state index contributed by atoms with van der Waals surface area (Å²) in [6.45, 7) is 4.95. The van der Waals surface area contributed by atoms with Crippen LogP contribution in [-0.4, -0.2) is 24.1 Å². The lowest BCUT2D eigenvalue weighted by Crippen LogP contribution is -2.24. The van der Waals surface area contributed by atoms with Crippen LogP contribution >= 0.6 is 0 Å². The molecule has 2 heterocycles. The molecule has 2 aromatic carbocycles. The number of nitrogens with zero attached hydrogens (tertiary/aromatic N) is 2. The first-order chi connectivity index (χ1) is 16.3. The third kappa shape index (κ3) is 5.44. The van der Waals surface area contributed by atoms with E-state index >= 15 is 0 Å². The van der Waals surface area contributed by atoms with E-state index in [1.807, 2.05) is 48.9 Å². The summed E-state index contributed by atoms with van der Waals surface area (Å²) in [4.78, 5) is 12.7. The molecule has 0 atom stereocenters. The van der Waals surface area contributed by atoms with E-state index in [1.165, 1.54) is 30.5 Å². The van der Waals surface area contributed by atoms with Crippen molar-refractivity contribution >= 4 is 15.9 Å². The van der Waals surface area contributed by atoms with Crippen LogP contribution in [0.4, 0.5) is 0 Å². The highest BCUT2D eigenvalue weighted by Gasteiger charge is 2.17. The summed E-state index contributed by atoms with van der Waals surface area (Å²) in [6, 6.07) is 19.3. The van der Waals surface area contributed by atoms with Gasteiger partial charge in [-0.1, -0.05) is 30.3 Å². The van der Waals surface area contributed by atoms with Gasteiger partial charge in [-0.15, -0.1) is 0 Å². The van der Waals surface area contributed by atoms with E-state index in [9.17, 15) is 13.2 Å². The molecule has 0 spiro atoms. The van der Waals surface area contributed by atoms with E-state index in [-0.39, 0.29) is 17.3 Å². The first-order valence-electron chi connectivity index (χ1n) is 10.8. The van der Waals surface area contributed by atoms with Crippen molar-refractivity contribution < 1.29 is 17.6 Å². The Bertz CT molecular complexity index is 1360. The summed E-state index contributed by atoms with van der Waals surface area (Å²) in [6.07, 6.45) is 1.48. The van der Waals surface area contributed by atoms with E-state index < -0.39 is 10.0 Å². The standard InChI is InChI=1S/C25H26N4O4S/c1-18-24(19(2)29(28-18)17-20-7-4-3-5-8-20)16-26-25(30)21-10-12-23(13-11-21)34(31,32)27-15-22-9-6-14-33-22/h3-14,27H,15-17H2,1-2H3,(H,26,30). The number of carbonyl (C=O) groups is 1. The molecule has 1 amide bonds. The van der Waals surface area contributed by atoms with Gasteiger partial charge in [-0.2, -0.15) is 5.10 Å². The molecule has 9 heteroatoms. The minimum absolute atomic E-state index is 0.0498. The van der Waals surface area contributed by atoms with Gasteiger partial charge in [-0.25, -0.2) is 13.1 Å². The minimum atomic E-state index is -3.72. The normalized spacial score (nSPS) is 11.5. The number of benzene rings is 2. The minimum Gasteiger partial charge on any atom is -0.468 e. The zero-order chi connectivity index (χ0) is 24.1. The molecule has 4 rings (SSSR count). The number of rotatable bonds is 9. The second kappa shape index (κ2) is 10.1. The van der Waals surface area contributed by atoms with Gasteiger partial charge in [0.1, 0.15) is 5.76 Å². The molecule has 0 unspecified atom stereocenters. The molecule has 34 heavy (non-hydrogen) atoms. The largest absolute Gasteiger partial charge is 0.468 e. The van der Waals surface area contributed by atoms with Gasteiger partial charge in [0.25, 0.3) is 5.91 Å². The first kappa shape index (κ1) is 23.5. The molecular weight excluding hydrogens is 452 g/mol. The van der Waals surface area contributed by atoms with Crippen LogP contribution in [0.3, 0.4) is 0 Å². The monoisotopic (exact) mass is 478 g/mol. The summed E-state index contributed by atoms with van der Waals surface area (Å²) < 4.78 is 34.5. The Kier molecular flexibility index (Phi) is 6.95. The summed E-state index contributed by atoms with van der Waals surface area (Å²) >= 11 is 0. The van der Waals surface area contributed by atoms with Crippen molar-refractivity contribution in [2.75, 3.05) is 0 Å². The molecule has 0 bridgehead atoms. The Morgan fingerprint density at radius 1 is 0.971 bits per heavy atom. The lowest BCUT2D eigenvalue weighted by molar-refractivity contribution is 0.0950. The van der Waals surface area contributed by atoms with Crippen LogP contribution in [0.1, 0.15) is 38.6 Å². The molecule has 0 radical (unpaired) electrons. The highest BCUT2D eigenvalue weighted by atomic mass is 32.2. The van der Waals surface area contributed by atoms with Crippen LogP contribution in [0, 0.1) is 13.8 Å². The second-order valence-corrected chi connectivity index (χ2v) is 9.67. The van der Waals surface area contributed by atoms with Gasteiger partial charge in [-0.3, -0.25) is 9.48 Å². The number of nitrogens with one attached hydrogen (secondary N) is 2. The van der Waals surface area contributed by atoms with Crippen molar-refractivity contribution in [3.8, 4) is 0 Å². The maximum Gasteiger partial charge on any atom is 0.251 e. The van der Waals surface area contributed by atoms with Crippen LogP contribution in [0.15, 0.2) is 82.3 Å². The number of hydrogen-bond acceptors (Lipinski definition) is 5. The summed E-state index contributed by atoms with van der Waals surface area (Å²) in [5.74, 6) is 0.222. The van der Waals surface area contributed by atoms with Gasteiger partial charge in [0.05, 0.1) is 29.9 Å². The number of aromatic nitrogens is 2. The van der Waals surface area contributed by atoms with E-state index in [4.69, 9.17) is 4.42 Å². The number of amides is 1. The van der Waals surface area contributed by atoms with Gasteiger partial charge in [0, 0.05) is 23.4 Å². The maximum absolute atomic E-state index is 12.7.